The molecule has 21 heavy (non-hydrogen) atoms. The summed E-state index contributed by atoms with van der Waals surface area (Å²) >= 11 is 0. The molecule has 1 aromatic carbocycles. The molecular formula is C15H21N5O. The van der Waals surface area contributed by atoms with Crippen LogP contribution in [-0.2, 0) is 13.1 Å². The van der Waals surface area contributed by atoms with Crippen molar-refractivity contribution in [2.24, 2.45) is 0 Å². The highest BCUT2D eigenvalue weighted by Crippen LogP contribution is 2.14. The molecule has 0 aliphatic carbocycles. The van der Waals surface area contributed by atoms with E-state index in [0.717, 1.165) is 36.6 Å². The Morgan fingerprint density at radius 3 is 2.57 bits per heavy atom. The number of amides is 2. The highest BCUT2D eigenvalue weighted by molar-refractivity contribution is 5.89. The molecule has 0 saturated carbocycles. The molecule has 0 unspecified atom stereocenters. The second-order valence-corrected chi connectivity index (χ2v) is 4.68. The van der Waals surface area contributed by atoms with Crippen LogP contribution in [-0.4, -0.2) is 22.9 Å². The summed E-state index contributed by atoms with van der Waals surface area (Å²) in [6, 6.07) is 9.39. The van der Waals surface area contributed by atoms with Crippen LogP contribution in [0, 0.1) is 0 Å². The van der Waals surface area contributed by atoms with Crippen molar-refractivity contribution in [2.45, 2.75) is 26.4 Å². The number of urea groups is 1. The maximum Gasteiger partial charge on any atom is 0.318 e. The van der Waals surface area contributed by atoms with Gasteiger partial charge in [0.1, 0.15) is 0 Å². The van der Waals surface area contributed by atoms with Crippen molar-refractivity contribution in [1.29, 1.82) is 0 Å². The number of hydrogen-bond acceptors (Lipinski definition) is 3. The van der Waals surface area contributed by atoms with Crippen molar-refractivity contribution in [2.75, 3.05) is 17.7 Å². The second kappa shape index (κ2) is 7.33. The molecule has 6 heteroatoms. The first-order valence-corrected chi connectivity index (χ1v) is 7.06. The summed E-state index contributed by atoms with van der Waals surface area (Å²) in [4.78, 5) is 11.2. The Morgan fingerprint density at radius 1 is 1.19 bits per heavy atom. The molecular weight excluding hydrogens is 266 g/mol. The third-order valence-electron chi connectivity index (χ3n) is 3.08. The van der Waals surface area contributed by atoms with Crippen molar-refractivity contribution in [3.63, 3.8) is 0 Å². The lowest BCUT2D eigenvalue weighted by molar-refractivity contribution is 0.254. The van der Waals surface area contributed by atoms with Crippen LogP contribution in [0.1, 0.15) is 19.0 Å². The molecule has 2 rings (SSSR count). The smallest absolute Gasteiger partial charge is 0.318 e. The lowest BCUT2D eigenvalue weighted by atomic mass is 10.2. The van der Waals surface area contributed by atoms with Gasteiger partial charge in [-0.3, -0.25) is 4.68 Å². The normalized spacial score (nSPS) is 10.2. The van der Waals surface area contributed by atoms with E-state index < -0.39 is 0 Å². The number of nitrogens with zero attached hydrogens (tertiary/aromatic N) is 2. The number of benzene rings is 1. The molecule has 3 N–H and O–H groups in total. The molecule has 0 bridgehead atoms. The van der Waals surface area contributed by atoms with E-state index in [1.54, 1.807) is 7.05 Å². The Balaban J connectivity index is 1.91. The van der Waals surface area contributed by atoms with Crippen molar-refractivity contribution in [3.8, 4) is 0 Å². The number of aryl methyl sites for hydroxylation is 1. The second-order valence-electron chi connectivity index (χ2n) is 4.68. The van der Waals surface area contributed by atoms with E-state index >= 15 is 0 Å². The summed E-state index contributed by atoms with van der Waals surface area (Å²) in [5.41, 5.74) is 2.92. The predicted molar refractivity (Wildman–Crippen MR) is 84.4 cm³/mol. The Morgan fingerprint density at radius 2 is 1.90 bits per heavy atom. The Labute approximate surface area is 124 Å². The van der Waals surface area contributed by atoms with Gasteiger partial charge in [-0.15, -0.1) is 0 Å². The van der Waals surface area contributed by atoms with Gasteiger partial charge in [0, 0.05) is 31.2 Å². The van der Waals surface area contributed by atoms with Crippen molar-refractivity contribution in [1.82, 2.24) is 15.1 Å². The fourth-order valence-electron chi connectivity index (χ4n) is 1.98. The molecule has 2 aromatic rings. The molecule has 1 aromatic heterocycles. The van der Waals surface area contributed by atoms with E-state index in [1.807, 2.05) is 41.2 Å². The summed E-state index contributed by atoms with van der Waals surface area (Å²) < 4.78 is 2.01. The van der Waals surface area contributed by atoms with Crippen LogP contribution in [0.4, 0.5) is 16.2 Å². The molecule has 0 saturated heterocycles. The van der Waals surface area contributed by atoms with Gasteiger partial charge in [-0.2, -0.15) is 5.10 Å². The monoisotopic (exact) mass is 287 g/mol. The van der Waals surface area contributed by atoms with E-state index in [2.05, 4.69) is 28.0 Å². The van der Waals surface area contributed by atoms with Crippen molar-refractivity contribution < 1.29 is 4.79 Å². The maximum absolute atomic E-state index is 11.2. The maximum atomic E-state index is 11.2. The number of nitrogens with one attached hydrogen (secondary N) is 3. The topological polar surface area (TPSA) is 71.0 Å². The van der Waals surface area contributed by atoms with E-state index in [4.69, 9.17) is 0 Å². The van der Waals surface area contributed by atoms with Gasteiger partial charge in [-0.05, 0) is 36.8 Å². The summed E-state index contributed by atoms with van der Waals surface area (Å²) in [6.07, 6.45) is 2.89. The minimum absolute atomic E-state index is 0.223. The van der Waals surface area contributed by atoms with Gasteiger partial charge in [0.25, 0.3) is 0 Å². The first-order chi connectivity index (χ1) is 10.2. The van der Waals surface area contributed by atoms with Crippen LogP contribution in [0.25, 0.3) is 0 Å². The predicted octanol–water partition coefficient (Wildman–Crippen LogP) is 2.66. The lowest BCUT2D eigenvalue weighted by Gasteiger charge is -2.10. The highest BCUT2D eigenvalue weighted by atomic mass is 16.2. The molecule has 1 heterocycles. The largest absolute Gasteiger partial charge is 0.379 e. The summed E-state index contributed by atoms with van der Waals surface area (Å²) in [5.74, 6) is 0. The number of carbonyl (C=O) groups excluding carboxylic acids is 1. The summed E-state index contributed by atoms with van der Waals surface area (Å²) in [5, 5.41) is 12.9. The standard InChI is InChI=1S/C15H21N5O/c1-3-10-20-14(8-9-18-20)11-17-12-4-6-13(7-5-12)19-15(21)16-2/h4-9,17H,3,10-11H2,1-2H3,(H2,16,19,21). The zero-order valence-corrected chi connectivity index (χ0v) is 12.4. The van der Waals surface area contributed by atoms with Crippen LogP contribution >= 0.6 is 0 Å². The zero-order chi connectivity index (χ0) is 15.1. The molecule has 6 nitrogen and oxygen atoms in total. The summed E-state index contributed by atoms with van der Waals surface area (Å²) in [7, 11) is 1.59. The molecule has 0 radical (unpaired) electrons. The zero-order valence-electron chi connectivity index (χ0n) is 12.4. The molecule has 112 valence electrons. The quantitative estimate of drug-likeness (QED) is 0.765. The fourth-order valence-corrected chi connectivity index (χ4v) is 1.98. The first kappa shape index (κ1) is 14.9. The number of hydrogen-bond donors (Lipinski definition) is 3. The van der Waals surface area contributed by atoms with Gasteiger partial charge in [0.15, 0.2) is 0 Å². The van der Waals surface area contributed by atoms with Crippen LogP contribution in [0.15, 0.2) is 36.5 Å². The minimum atomic E-state index is -0.223. The fraction of sp³-hybridized carbons (Fsp3) is 0.333. The van der Waals surface area contributed by atoms with Gasteiger partial charge in [-0.1, -0.05) is 6.92 Å². The SMILES string of the molecule is CCCn1nccc1CNc1ccc(NC(=O)NC)cc1. The number of rotatable bonds is 6. The highest BCUT2D eigenvalue weighted by Gasteiger charge is 2.02. The van der Waals surface area contributed by atoms with E-state index in [9.17, 15) is 4.79 Å². The third-order valence-corrected chi connectivity index (χ3v) is 3.08. The van der Waals surface area contributed by atoms with Crippen molar-refractivity contribution >= 4 is 17.4 Å². The summed E-state index contributed by atoms with van der Waals surface area (Å²) in [6.45, 7) is 3.79. The number of carbonyl (C=O) groups is 1. The van der Waals surface area contributed by atoms with Gasteiger partial charge in [-0.25, -0.2) is 4.79 Å². The van der Waals surface area contributed by atoms with Crippen LogP contribution < -0.4 is 16.0 Å². The average molecular weight is 287 g/mol. The molecule has 0 fully saturated rings. The van der Waals surface area contributed by atoms with E-state index in [1.165, 1.54) is 0 Å². The molecule has 2 amide bonds. The van der Waals surface area contributed by atoms with Gasteiger partial charge >= 0.3 is 6.03 Å². The molecule has 0 atom stereocenters. The average Bonchev–Trinajstić information content (AvgIpc) is 2.94. The molecule has 0 spiro atoms. The molecule has 0 aliphatic rings. The van der Waals surface area contributed by atoms with Gasteiger partial charge < -0.3 is 16.0 Å². The van der Waals surface area contributed by atoms with Gasteiger partial charge in [0.05, 0.1) is 12.2 Å². The van der Waals surface area contributed by atoms with Gasteiger partial charge in [0.2, 0.25) is 0 Å². The Hall–Kier alpha value is -2.50. The lowest BCUT2D eigenvalue weighted by Crippen LogP contribution is -2.24. The minimum Gasteiger partial charge on any atom is -0.379 e. The first-order valence-electron chi connectivity index (χ1n) is 7.06. The third kappa shape index (κ3) is 4.24. The Kier molecular flexibility index (Phi) is 5.20. The van der Waals surface area contributed by atoms with Crippen LogP contribution in [0.2, 0.25) is 0 Å². The Bertz CT molecular complexity index is 576. The van der Waals surface area contributed by atoms with Crippen LogP contribution in [0.3, 0.4) is 0 Å². The number of aromatic nitrogens is 2. The van der Waals surface area contributed by atoms with E-state index in [0.29, 0.717) is 0 Å². The van der Waals surface area contributed by atoms with Crippen LogP contribution in [0.5, 0.6) is 0 Å². The molecule has 0 aliphatic heterocycles. The number of anilines is 2. The van der Waals surface area contributed by atoms with E-state index in [-0.39, 0.29) is 6.03 Å². The van der Waals surface area contributed by atoms with Crippen molar-refractivity contribution in [3.05, 3.63) is 42.2 Å².